The van der Waals surface area contributed by atoms with Crippen molar-refractivity contribution in [2.24, 2.45) is 5.41 Å². The van der Waals surface area contributed by atoms with Crippen molar-refractivity contribution in [3.8, 4) is 11.5 Å². The predicted molar refractivity (Wildman–Crippen MR) is 99.9 cm³/mol. The van der Waals surface area contributed by atoms with Crippen molar-refractivity contribution in [1.82, 2.24) is 0 Å². The molecular formula is C19H18ClFN2O4. The third-order valence-corrected chi connectivity index (χ3v) is 4.74. The summed E-state index contributed by atoms with van der Waals surface area (Å²) in [6.07, 6.45) is 0.817. The largest absolute Gasteiger partial charge is 0.497 e. The van der Waals surface area contributed by atoms with Crippen molar-refractivity contribution in [2.45, 2.75) is 12.8 Å². The Morgan fingerprint density at radius 3 is 2.33 bits per heavy atom. The third-order valence-electron chi connectivity index (χ3n) is 4.45. The molecule has 2 amide bonds. The monoisotopic (exact) mass is 392 g/mol. The van der Waals surface area contributed by atoms with Gasteiger partial charge in [0.1, 0.15) is 22.7 Å². The summed E-state index contributed by atoms with van der Waals surface area (Å²) in [4.78, 5) is 25.4. The van der Waals surface area contributed by atoms with Gasteiger partial charge in [0.25, 0.3) is 0 Å². The van der Waals surface area contributed by atoms with Gasteiger partial charge in [-0.15, -0.1) is 0 Å². The zero-order chi connectivity index (χ0) is 19.6. The molecule has 1 aliphatic carbocycles. The van der Waals surface area contributed by atoms with Gasteiger partial charge in [0.15, 0.2) is 0 Å². The molecule has 1 aliphatic rings. The molecule has 0 spiro atoms. The predicted octanol–water partition coefficient (Wildman–Crippen LogP) is 3.85. The maximum Gasteiger partial charge on any atom is 0.240 e. The van der Waals surface area contributed by atoms with E-state index in [0.717, 1.165) is 6.07 Å². The fourth-order valence-electron chi connectivity index (χ4n) is 2.66. The maximum absolute atomic E-state index is 13.3. The summed E-state index contributed by atoms with van der Waals surface area (Å²) in [5.41, 5.74) is -0.454. The number of carbonyl (C=O) groups is 2. The van der Waals surface area contributed by atoms with Gasteiger partial charge in [0.05, 0.1) is 24.9 Å². The molecule has 0 bridgehead atoms. The molecule has 142 valence electrons. The van der Waals surface area contributed by atoms with E-state index >= 15 is 0 Å². The number of amides is 2. The Morgan fingerprint density at radius 1 is 1.04 bits per heavy atom. The minimum absolute atomic E-state index is 0.108. The Bertz CT molecular complexity index is 899. The summed E-state index contributed by atoms with van der Waals surface area (Å²) in [6, 6.07) is 8.82. The summed E-state index contributed by atoms with van der Waals surface area (Å²) in [7, 11) is 2.99. The number of hydrogen-bond donors (Lipinski definition) is 2. The Labute approximate surface area is 160 Å². The summed E-state index contributed by atoms with van der Waals surface area (Å²) in [5, 5.41) is 5.25. The number of hydrogen-bond acceptors (Lipinski definition) is 4. The average molecular weight is 393 g/mol. The molecule has 0 saturated heterocycles. The van der Waals surface area contributed by atoms with Crippen LogP contribution in [0.3, 0.4) is 0 Å². The summed E-state index contributed by atoms with van der Waals surface area (Å²) >= 11 is 5.73. The van der Waals surface area contributed by atoms with Crippen LogP contribution in [0.5, 0.6) is 11.5 Å². The van der Waals surface area contributed by atoms with Crippen LogP contribution >= 0.6 is 11.6 Å². The average Bonchev–Trinajstić information content (AvgIpc) is 3.47. The zero-order valence-electron chi connectivity index (χ0n) is 14.8. The van der Waals surface area contributed by atoms with Crippen molar-refractivity contribution in [3.63, 3.8) is 0 Å². The van der Waals surface area contributed by atoms with E-state index in [1.165, 1.54) is 26.4 Å². The fourth-order valence-corrected chi connectivity index (χ4v) is 2.84. The van der Waals surface area contributed by atoms with Crippen LogP contribution in [0.2, 0.25) is 5.02 Å². The van der Waals surface area contributed by atoms with Crippen molar-refractivity contribution in [2.75, 3.05) is 24.9 Å². The van der Waals surface area contributed by atoms with Crippen LogP contribution in [0.15, 0.2) is 36.4 Å². The van der Waals surface area contributed by atoms with Gasteiger partial charge in [-0.2, -0.15) is 0 Å². The molecule has 2 N–H and O–H groups in total. The highest BCUT2D eigenvalue weighted by Crippen LogP contribution is 2.48. The van der Waals surface area contributed by atoms with Crippen molar-refractivity contribution < 1.29 is 23.5 Å². The van der Waals surface area contributed by atoms with Gasteiger partial charge < -0.3 is 20.1 Å². The van der Waals surface area contributed by atoms with E-state index < -0.39 is 23.0 Å². The van der Waals surface area contributed by atoms with E-state index in [2.05, 4.69) is 10.6 Å². The van der Waals surface area contributed by atoms with Crippen LogP contribution in [0.4, 0.5) is 15.8 Å². The van der Waals surface area contributed by atoms with Gasteiger partial charge in [0.2, 0.25) is 11.8 Å². The van der Waals surface area contributed by atoms with Gasteiger partial charge in [-0.1, -0.05) is 11.6 Å². The van der Waals surface area contributed by atoms with Crippen molar-refractivity contribution in [1.29, 1.82) is 0 Å². The molecule has 8 heteroatoms. The normalized spacial score (nSPS) is 14.2. The van der Waals surface area contributed by atoms with Crippen LogP contribution in [0.1, 0.15) is 12.8 Å². The van der Waals surface area contributed by atoms with Crippen LogP contribution in [0, 0.1) is 11.2 Å². The van der Waals surface area contributed by atoms with Gasteiger partial charge in [-0.3, -0.25) is 9.59 Å². The number of methoxy groups -OCH3 is 2. The van der Waals surface area contributed by atoms with E-state index in [0.29, 0.717) is 35.7 Å². The van der Waals surface area contributed by atoms with E-state index in [1.54, 1.807) is 18.2 Å². The van der Waals surface area contributed by atoms with E-state index in [9.17, 15) is 14.0 Å². The molecule has 0 radical (unpaired) electrons. The van der Waals surface area contributed by atoms with Gasteiger partial charge in [-0.25, -0.2) is 4.39 Å². The lowest BCUT2D eigenvalue weighted by atomic mass is 10.0. The first-order valence-corrected chi connectivity index (χ1v) is 8.57. The number of anilines is 2. The second-order valence-electron chi connectivity index (χ2n) is 6.19. The lowest BCUT2D eigenvalue weighted by Gasteiger charge is -2.17. The lowest BCUT2D eigenvalue weighted by Crippen LogP contribution is -2.35. The highest BCUT2D eigenvalue weighted by atomic mass is 35.5. The van der Waals surface area contributed by atoms with Gasteiger partial charge in [0, 0.05) is 11.8 Å². The van der Waals surface area contributed by atoms with Crippen LogP contribution in [-0.2, 0) is 9.59 Å². The van der Waals surface area contributed by atoms with Crippen LogP contribution < -0.4 is 20.1 Å². The second-order valence-corrected chi connectivity index (χ2v) is 6.59. The van der Waals surface area contributed by atoms with E-state index in [-0.39, 0.29) is 5.02 Å². The Morgan fingerprint density at radius 2 is 1.74 bits per heavy atom. The van der Waals surface area contributed by atoms with Crippen molar-refractivity contribution >= 4 is 34.8 Å². The first kappa shape index (κ1) is 19.0. The number of halogens is 2. The minimum atomic E-state index is -1.19. The lowest BCUT2D eigenvalue weighted by molar-refractivity contribution is -0.131. The molecule has 1 saturated carbocycles. The maximum atomic E-state index is 13.3. The summed E-state index contributed by atoms with van der Waals surface area (Å²) < 4.78 is 23.6. The molecule has 27 heavy (non-hydrogen) atoms. The minimum Gasteiger partial charge on any atom is -0.497 e. The molecule has 2 aromatic rings. The fraction of sp³-hybridized carbons (Fsp3) is 0.263. The molecule has 0 atom stereocenters. The topological polar surface area (TPSA) is 76.7 Å². The highest BCUT2D eigenvalue weighted by molar-refractivity contribution is 6.31. The van der Waals surface area contributed by atoms with E-state index in [1.807, 2.05) is 0 Å². The molecule has 3 rings (SSSR count). The Balaban J connectivity index is 1.76. The zero-order valence-corrected chi connectivity index (χ0v) is 15.5. The first-order chi connectivity index (χ1) is 12.9. The summed E-state index contributed by atoms with van der Waals surface area (Å²) in [6.45, 7) is 0. The number of carbonyl (C=O) groups excluding carboxylic acids is 2. The molecule has 6 nitrogen and oxygen atoms in total. The number of ether oxygens (including phenoxy) is 2. The highest BCUT2D eigenvalue weighted by Gasteiger charge is 2.56. The third kappa shape index (κ3) is 3.83. The first-order valence-electron chi connectivity index (χ1n) is 8.19. The van der Waals surface area contributed by atoms with E-state index in [4.69, 9.17) is 21.1 Å². The smallest absolute Gasteiger partial charge is 0.240 e. The molecule has 0 aromatic heterocycles. The van der Waals surface area contributed by atoms with Crippen LogP contribution in [0.25, 0.3) is 0 Å². The second kappa shape index (κ2) is 7.44. The molecular weight excluding hydrogens is 375 g/mol. The molecule has 0 aliphatic heterocycles. The molecule has 2 aromatic carbocycles. The Kier molecular flexibility index (Phi) is 5.23. The molecule has 1 fully saturated rings. The van der Waals surface area contributed by atoms with Gasteiger partial charge in [-0.05, 0) is 43.2 Å². The number of benzene rings is 2. The standard InChI is InChI=1S/C19H18ClFN2O4/c1-26-12-4-6-16(27-2)15(10-12)23-18(25)19(7-8-19)17(24)22-11-3-5-14(21)13(20)9-11/h3-6,9-10H,7-8H2,1-2H3,(H,22,24)(H,23,25). The number of nitrogens with one attached hydrogen (secondary N) is 2. The molecule has 0 unspecified atom stereocenters. The summed E-state index contributed by atoms with van der Waals surface area (Å²) in [5.74, 6) is -0.505. The van der Waals surface area contributed by atoms with Crippen molar-refractivity contribution in [3.05, 3.63) is 47.2 Å². The van der Waals surface area contributed by atoms with Gasteiger partial charge >= 0.3 is 0 Å². The quantitative estimate of drug-likeness (QED) is 0.732. The SMILES string of the molecule is COc1ccc(OC)c(NC(=O)C2(C(=O)Nc3ccc(F)c(Cl)c3)CC2)c1. The Hall–Kier alpha value is -2.80. The number of rotatable bonds is 6. The van der Waals surface area contributed by atoms with Crippen LogP contribution in [-0.4, -0.2) is 26.0 Å². The molecule has 0 heterocycles.